The summed E-state index contributed by atoms with van der Waals surface area (Å²) in [5.74, 6) is 0.750. The molecule has 0 saturated carbocycles. The number of fused-ring (bicyclic) bond motifs is 1. The van der Waals surface area contributed by atoms with Crippen LogP contribution < -0.4 is 0 Å². The lowest BCUT2D eigenvalue weighted by Gasteiger charge is -1.96. The van der Waals surface area contributed by atoms with Gasteiger partial charge in [-0.2, -0.15) is 0 Å². The van der Waals surface area contributed by atoms with Crippen molar-refractivity contribution in [2.24, 2.45) is 0 Å². The maximum atomic E-state index is 4.61. The first-order valence-corrected chi connectivity index (χ1v) is 8.49. The van der Waals surface area contributed by atoms with Crippen molar-refractivity contribution in [1.82, 2.24) is 25.0 Å². The molecule has 0 amide bonds. The lowest BCUT2D eigenvalue weighted by molar-refractivity contribution is 0.797. The van der Waals surface area contributed by atoms with Gasteiger partial charge in [0.25, 0.3) is 0 Å². The summed E-state index contributed by atoms with van der Waals surface area (Å²) in [5.41, 5.74) is 2.88. The molecule has 0 radical (unpaired) electrons. The summed E-state index contributed by atoms with van der Waals surface area (Å²) in [7, 11) is 0. The molecule has 3 aromatic heterocycles. The Morgan fingerprint density at radius 1 is 1.14 bits per heavy atom. The number of nitrogens with zero attached hydrogens (tertiary/aromatic N) is 5. The Morgan fingerprint density at radius 3 is 2.95 bits per heavy atom. The van der Waals surface area contributed by atoms with Crippen molar-refractivity contribution in [1.29, 1.82) is 0 Å². The van der Waals surface area contributed by atoms with E-state index in [0.717, 1.165) is 27.0 Å². The van der Waals surface area contributed by atoms with Gasteiger partial charge in [0.1, 0.15) is 0 Å². The highest BCUT2D eigenvalue weighted by Crippen LogP contribution is 2.30. The van der Waals surface area contributed by atoms with Crippen molar-refractivity contribution in [2.45, 2.75) is 10.1 Å². The molecular weight excluding hydrogens is 314 g/mol. The monoisotopic (exact) mass is 325 g/mol. The molecule has 0 spiro atoms. The van der Waals surface area contributed by atoms with Crippen LogP contribution in [0.2, 0.25) is 0 Å². The molecule has 4 rings (SSSR count). The number of aromatic nitrogens is 5. The molecule has 3 heterocycles. The molecule has 0 atom stereocenters. The number of rotatable bonds is 4. The summed E-state index contributed by atoms with van der Waals surface area (Å²) in [5, 5.41) is 8.34. The van der Waals surface area contributed by atoms with E-state index in [1.165, 1.54) is 4.70 Å². The van der Waals surface area contributed by atoms with E-state index in [1.807, 2.05) is 36.5 Å². The molecule has 0 unspecified atom stereocenters. The number of pyridine rings is 1. The molecule has 0 aliphatic carbocycles. The van der Waals surface area contributed by atoms with Gasteiger partial charge in [-0.15, -0.1) is 16.4 Å². The first kappa shape index (κ1) is 13.4. The molecule has 0 aliphatic heterocycles. The predicted octanol–water partition coefficient (Wildman–Crippen LogP) is 3.56. The number of para-hydroxylation sites is 1. The highest BCUT2D eigenvalue weighted by atomic mass is 32.2. The van der Waals surface area contributed by atoms with Gasteiger partial charge in [0.05, 0.1) is 34.0 Å². The Bertz CT molecular complexity index is 867. The third-order valence-corrected chi connectivity index (χ3v) is 5.28. The topological polar surface area (TPSA) is 56.5 Å². The van der Waals surface area contributed by atoms with Crippen LogP contribution in [0.5, 0.6) is 0 Å². The van der Waals surface area contributed by atoms with Gasteiger partial charge in [-0.05, 0) is 24.3 Å². The summed E-state index contributed by atoms with van der Waals surface area (Å²) in [6, 6.07) is 12.0. The summed E-state index contributed by atoms with van der Waals surface area (Å²) < 4.78 is 4.00. The molecule has 22 heavy (non-hydrogen) atoms. The number of thiazole rings is 1. The van der Waals surface area contributed by atoms with Crippen molar-refractivity contribution >= 4 is 33.3 Å². The minimum Gasteiger partial charge on any atom is -0.262 e. The molecule has 0 N–H and O–H groups in total. The average Bonchev–Trinajstić information content (AvgIpc) is 3.20. The van der Waals surface area contributed by atoms with E-state index in [2.05, 4.69) is 26.3 Å². The van der Waals surface area contributed by atoms with Gasteiger partial charge in [-0.25, -0.2) is 9.67 Å². The van der Waals surface area contributed by atoms with E-state index >= 15 is 0 Å². The van der Waals surface area contributed by atoms with Crippen LogP contribution in [0.15, 0.2) is 59.3 Å². The van der Waals surface area contributed by atoms with E-state index in [4.69, 9.17) is 0 Å². The Hall–Kier alpha value is -2.25. The molecule has 0 aliphatic rings. The molecule has 4 aromatic rings. The first-order valence-electron chi connectivity index (χ1n) is 6.68. The summed E-state index contributed by atoms with van der Waals surface area (Å²) in [6.45, 7) is 0. The first-order chi connectivity index (χ1) is 10.9. The maximum Gasteiger partial charge on any atom is 0.151 e. The quantitative estimate of drug-likeness (QED) is 0.537. The second-order valence-corrected chi connectivity index (χ2v) is 6.85. The van der Waals surface area contributed by atoms with Crippen LogP contribution >= 0.6 is 23.1 Å². The molecule has 1 aromatic carbocycles. The lowest BCUT2D eigenvalue weighted by atomic mass is 10.3. The zero-order valence-corrected chi connectivity index (χ0v) is 13.1. The second-order valence-electron chi connectivity index (χ2n) is 4.60. The summed E-state index contributed by atoms with van der Waals surface area (Å²) in [6.07, 6.45) is 5.43. The number of thioether (sulfide) groups is 1. The Morgan fingerprint density at radius 2 is 2.09 bits per heavy atom. The minimum absolute atomic E-state index is 0.750. The zero-order chi connectivity index (χ0) is 14.8. The highest BCUT2D eigenvalue weighted by molar-refractivity contribution is 8.00. The molecule has 108 valence electrons. The Balaban J connectivity index is 1.49. The fraction of sp³-hybridized carbons (Fsp3) is 0.0667. The fourth-order valence-electron chi connectivity index (χ4n) is 2.03. The number of hydrogen-bond donors (Lipinski definition) is 0. The third kappa shape index (κ3) is 2.72. The zero-order valence-electron chi connectivity index (χ0n) is 11.5. The largest absolute Gasteiger partial charge is 0.262 e. The van der Waals surface area contributed by atoms with Crippen molar-refractivity contribution in [2.75, 3.05) is 0 Å². The molecule has 0 bridgehead atoms. The Kier molecular flexibility index (Phi) is 3.57. The van der Waals surface area contributed by atoms with Gasteiger partial charge in [0.2, 0.25) is 0 Å². The molecule has 7 heteroatoms. The van der Waals surface area contributed by atoms with Crippen molar-refractivity contribution < 1.29 is 0 Å². The van der Waals surface area contributed by atoms with Crippen LogP contribution in [0.4, 0.5) is 0 Å². The molecule has 0 saturated heterocycles. The average molecular weight is 325 g/mol. The van der Waals surface area contributed by atoms with Gasteiger partial charge in [-0.1, -0.05) is 29.1 Å². The second kappa shape index (κ2) is 5.86. The number of benzene rings is 1. The van der Waals surface area contributed by atoms with Crippen LogP contribution in [0.3, 0.4) is 0 Å². The van der Waals surface area contributed by atoms with Crippen molar-refractivity contribution in [3.63, 3.8) is 0 Å². The van der Waals surface area contributed by atoms with Crippen molar-refractivity contribution in [3.8, 4) is 5.69 Å². The van der Waals surface area contributed by atoms with Gasteiger partial charge in [0.15, 0.2) is 4.34 Å². The predicted molar refractivity (Wildman–Crippen MR) is 88.3 cm³/mol. The highest BCUT2D eigenvalue weighted by Gasteiger charge is 2.07. The summed E-state index contributed by atoms with van der Waals surface area (Å²) >= 11 is 3.39. The molecular formula is C15H11N5S2. The molecule has 5 nitrogen and oxygen atoms in total. The van der Waals surface area contributed by atoms with Crippen LogP contribution in [-0.4, -0.2) is 25.0 Å². The van der Waals surface area contributed by atoms with Gasteiger partial charge < -0.3 is 0 Å². The van der Waals surface area contributed by atoms with Crippen LogP contribution in [-0.2, 0) is 5.75 Å². The van der Waals surface area contributed by atoms with E-state index in [9.17, 15) is 0 Å². The van der Waals surface area contributed by atoms with E-state index in [1.54, 1.807) is 40.2 Å². The van der Waals surface area contributed by atoms with Crippen LogP contribution in [0.25, 0.3) is 15.9 Å². The normalized spacial score (nSPS) is 11.1. The number of hydrogen-bond acceptors (Lipinski definition) is 6. The van der Waals surface area contributed by atoms with Gasteiger partial charge >= 0.3 is 0 Å². The smallest absolute Gasteiger partial charge is 0.151 e. The van der Waals surface area contributed by atoms with E-state index in [-0.39, 0.29) is 0 Å². The summed E-state index contributed by atoms with van der Waals surface area (Å²) in [4.78, 5) is 8.70. The van der Waals surface area contributed by atoms with Gasteiger partial charge in [0, 0.05) is 11.9 Å². The van der Waals surface area contributed by atoms with Crippen molar-refractivity contribution in [3.05, 3.63) is 60.7 Å². The third-order valence-electron chi connectivity index (χ3n) is 3.07. The van der Waals surface area contributed by atoms with Crippen LogP contribution in [0, 0.1) is 0 Å². The van der Waals surface area contributed by atoms with E-state index < -0.39 is 0 Å². The van der Waals surface area contributed by atoms with Gasteiger partial charge in [-0.3, -0.25) is 4.98 Å². The Labute approximate surface area is 135 Å². The lowest BCUT2D eigenvalue weighted by Crippen LogP contribution is -1.94. The van der Waals surface area contributed by atoms with E-state index in [0.29, 0.717) is 0 Å². The standard InChI is InChI=1S/C15H11N5S2/c1-2-6-14-13(5-1)17-15(22-14)21-10-11-9-20(19-18-11)12-4-3-7-16-8-12/h1-9H,10H2. The minimum atomic E-state index is 0.750. The molecule has 0 fully saturated rings. The maximum absolute atomic E-state index is 4.61. The fourth-order valence-corrected chi connectivity index (χ4v) is 3.97. The van der Waals surface area contributed by atoms with Crippen LogP contribution in [0.1, 0.15) is 5.69 Å². The SMILES string of the molecule is c1cncc(-n2cc(CSc3nc4ccccc4s3)nn2)c1.